The summed E-state index contributed by atoms with van der Waals surface area (Å²) >= 11 is 0. The molecule has 0 aromatic carbocycles. The van der Waals surface area contributed by atoms with Gasteiger partial charge in [-0.2, -0.15) is 0 Å². The number of nitrogens with zero attached hydrogens (tertiary/aromatic N) is 1. The maximum atomic E-state index is 5.95. The average molecular weight is 254 g/mol. The molecule has 0 aliphatic carbocycles. The number of hydrogen-bond acceptors (Lipinski definition) is 2. The molecule has 0 amide bonds. The monoisotopic (exact) mass is 254 g/mol. The molecule has 108 valence electrons. The second-order valence-electron chi connectivity index (χ2n) is 7.75. The molecule has 0 aromatic rings. The highest BCUT2D eigenvalue weighted by Gasteiger charge is 2.24. The van der Waals surface area contributed by atoms with Crippen molar-refractivity contribution in [3.8, 4) is 0 Å². The first kappa shape index (κ1) is 16.0. The molecule has 1 rings (SSSR count). The van der Waals surface area contributed by atoms with Crippen molar-refractivity contribution in [3.05, 3.63) is 0 Å². The minimum absolute atomic E-state index is 0.403. The van der Waals surface area contributed by atoms with Gasteiger partial charge in [-0.3, -0.25) is 0 Å². The largest absolute Gasteiger partial charge is 0.330 e. The Kier molecular flexibility index (Phi) is 6.13. The molecule has 1 heterocycles. The number of likely N-dealkylation sites (tertiary alicyclic amines) is 1. The second-order valence-corrected chi connectivity index (χ2v) is 7.75. The third kappa shape index (κ3) is 5.71. The van der Waals surface area contributed by atoms with Crippen molar-refractivity contribution in [1.82, 2.24) is 4.90 Å². The lowest BCUT2D eigenvalue weighted by atomic mass is 9.83. The summed E-state index contributed by atoms with van der Waals surface area (Å²) in [4.78, 5) is 2.64. The summed E-state index contributed by atoms with van der Waals surface area (Å²) in [5.74, 6) is 2.47. The molecule has 1 unspecified atom stereocenters. The standard InChI is InChI=1S/C16H34N2/c1-13(2)15-6-8-18(9-7-15)12-14(11-17)10-16(3,4)5/h13-15H,6-12,17H2,1-5H3. The Balaban J connectivity index is 2.34. The molecule has 2 N–H and O–H groups in total. The van der Waals surface area contributed by atoms with E-state index in [1.807, 2.05) is 0 Å². The van der Waals surface area contributed by atoms with Crippen LogP contribution in [0.3, 0.4) is 0 Å². The van der Waals surface area contributed by atoms with Crippen LogP contribution in [0.25, 0.3) is 0 Å². The van der Waals surface area contributed by atoms with E-state index < -0.39 is 0 Å². The van der Waals surface area contributed by atoms with Crippen molar-refractivity contribution in [2.45, 2.75) is 53.9 Å². The smallest absolute Gasteiger partial charge is 0.00219 e. The second kappa shape index (κ2) is 6.91. The lowest BCUT2D eigenvalue weighted by Crippen LogP contribution is -2.40. The quantitative estimate of drug-likeness (QED) is 0.815. The maximum absolute atomic E-state index is 5.95. The van der Waals surface area contributed by atoms with E-state index in [0.717, 1.165) is 18.4 Å². The van der Waals surface area contributed by atoms with Gasteiger partial charge in [-0.05, 0) is 62.1 Å². The SMILES string of the molecule is CC(C)C1CCN(CC(CN)CC(C)(C)C)CC1. The molecule has 0 spiro atoms. The zero-order valence-electron chi connectivity index (χ0n) is 13.2. The van der Waals surface area contributed by atoms with Gasteiger partial charge in [-0.1, -0.05) is 34.6 Å². The van der Waals surface area contributed by atoms with Crippen LogP contribution in [-0.2, 0) is 0 Å². The first-order chi connectivity index (χ1) is 8.31. The highest BCUT2D eigenvalue weighted by molar-refractivity contribution is 4.78. The average Bonchev–Trinajstić information content (AvgIpc) is 2.27. The highest BCUT2D eigenvalue weighted by atomic mass is 15.1. The minimum atomic E-state index is 0.403. The van der Waals surface area contributed by atoms with Crippen molar-refractivity contribution in [3.63, 3.8) is 0 Å². The molecule has 0 aromatic heterocycles. The van der Waals surface area contributed by atoms with Gasteiger partial charge >= 0.3 is 0 Å². The van der Waals surface area contributed by atoms with Gasteiger partial charge in [0.1, 0.15) is 0 Å². The lowest BCUT2D eigenvalue weighted by Gasteiger charge is -2.36. The van der Waals surface area contributed by atoms with E-state index in [9.17, 15) is 0 Å². The lowest BCUT2D eigenvalue weighted by molar-refractivity contribution is 0.128. The van der Waals surface area contributed by atoms with Gasteiger partial charge < -0.3 is 10.6 Å². The fourth-order valence-electron chi connectivity index (χ4n) is 3.26. The third-order valence-corrected chi connectivity index (χ3v) is 4.33. The van der Waals surface area contributed by atoms with E-state index in [4.69, 9.17) is 5.73 Å². The zero-order chi connectivity index (χ0) is 13.8. The van der Waals surface area contributed by atoms with E-state index >= 15 is 0 Å². The fourth-order valence-corrected chi connectivity index (χ4v) is 3.26. The van der Waals surface area contributed by atoms with Crippen LogP contribution < -0.4 is 5.73 Å². The molecule has 1 aliphatic rings. The van der Waals surface area contributed by atoms with Gasteiger partial charge in [0.25, 0.3) is 0 Å². The summed E-state index contributed by atoms with van der Waals surface area (Å²) in [6.45, 7) is 16.3. The van der Waals surface area contributed by atoms with E-state index in [1.165, 1.54) is 38.9 Å². The number of hydrogen-bond donors (Lipinski definition) is 1. The van der Waals surface area contributed by atoms with Gasteiger partial charge in [0.05, 0.1) is 0 Å². The molecule has 1 fully saturated rings. The van der Waals surface area contributed by atoms with Gasteiger partial charge in [0, 0.05) is 6.54 Å². The van der Waals surface area contributed by atoms with Crippen LogP contribution in [0.15, 0.2) is 0 Å². The summed E-state index contributed by atoms with van der Waals surface area (Å²) in [6.07, 6.45) is 4.00. The molecule has 1 saturated heterocycles. The predicted molar refractivity (Wildman–Crippen MR) is 80.6 cm³/mol. The van der Waals surface area contributed by atoms with Crippen LogP contribution in [-0.4, -0.2) is 31.1 Å². The summed E-state index contributed by atoms with van der Waals surface area (Å²) in [7, 11) is 0. The van der Waals surface area contributed by atoms with E-state index in [2.05, 4.69) is 39.5 Å². The van der Waals surface area contributed by atoms with Crippen LogP contribution >= 0.6 is 0 Å². The molecule has 0 bridgehead atoms. The fraction of sp³-hybridized carbons (Fsp3) is 1.00. The Hall–Kier alpha value is -0.0800. The molecule has 1 aliphatic heterocycles. The van der Waals surface area contributed by atoms with Crippen molar-refractivity contribution in [2.24, 2.45) is 28.9 Å². The molecule has 1 atom stereocenters. The first-order valence-corrected chi connectivity index (χ1v) is 7.74. The Labute approximate surface area is 114 Å². The van der Waals surface area contributed by atoms with E-state index in [0.29, 0.717) is 11.3 Å². The van der Waals surface area contributed by atoms with Crippen LogP contribution in [0.2, 0.25) is 0 Å². The zero-order valence-corrected chi connectivity index (χ0v) is 13.2. The molecule has 18 heavy (non-hydrogen) atoms. The summed E-state index contributed by atoms with van der Waals surface area (Å²) in [6, 6.07) is 0. The molecule has 0 saturated carbocycles. The summed E-state index contributed by atoms with van der Waals surface area (Å²) in [5, 5.41) is 0. The van der Waals surface area contributed by atoms with Gasteiger partial charge in [-0.25, -0.2) is 0 Å². The van der Waals surface area contributed by atoms with E-state index in [1.54, 1.807) is 0 Å². The van der Waals surface area contributed by atoms with Crippen LogP contribution in [0, 0.1) is 23.2 Å². The van der Waals surface area contributed by atoms with Crippen molar-refractivity contribution < 1.29 is 0 Å². The van der Waals surface area contributed by atoms with Crippen LogP contribution in [0.5, 0.6) is 0 Å². The van der Waals surface area contributed by atoms with Crippen molar-refractivity contribution >= 4 is 0 Å². The summed E-state index contributed by atoms with van der Waals surface area (Å²) in [5.41, 5.74) is 6.35. The van der Waals surface area contributed by atoms with Crippen LogP contribution in [0.1, 0.15) is 53.9 Å². The molecule has 2 nitrogen and oxygen atoms in total. The van der Waals surface area contributed by atoms with E-state index in [-0.39, 0.29) is 0 Å². The molecular formula is C16H34N2. The van der Waals surface area contributed by atoms with Gasteiger partial charge in [0.15, 0.2) is 0 Å². The summed E-state index contributed by atoms with van der Waals surface area (Å²) < 4.78 is 0. The maximum Gasteiger partial charge on any atom is 0.00219 e. The Morgan fingerprint density at radius 1 is 1.17 bits per heavy atom. The molecule has 2 heteroatoms. The molecular weight excluding hydrogens is 220 g/mol. The third-order valence-electron chi connectivity index (χ3n) is 4.33. The first-order valence-electron chi connectivity index (χ1n) is 7.74. The highest BCUT2D eigenvalue weighted by Crippen LogP contribution is 2.27. The normalized spacial score (nSPS) is 21.5. The Bertz CT molecular complexity index is 222. The topological polar surface area (TPSA) is 29.3 Å². The number of nitrogens with two attached hydrogens (primary N) is 1. The van der Waals surface area contributed by atoms with Gasteiger partial charge in [0.2, 0.25) is 0 Å². The van der Waals surface area contributed by atoms with Gasteiger partial charge in [-0.15, -0.1) is 0 Å². The number of rotatable bonds is 5. The predicted octanol–water partition coefficient (Wildman–Crippen LogP) is 3.37. The number of piperidine rings is 1. The minimum Gasteiger partial charge on any atom is -0.330 e. The van der Waals surface area contributed by atoms with Crippen molar-refractivity contribution in [2.75, 3.05) is 26.2 Å². The Morgan fingerprint density at radius 2 is 1.72 bits per heavy atom. The Morgan fingerprint density at radius 3 is 2.11 bits per heavy atom. The van der Waals surface area contributed by atoms with Crippen LogP contribution in [0.4, 0.5) is 0 Å². The van der Waals surface area contributed by atoms with Crippen molar-refractivity contribution in [1.29, 1.82) is 0 Å². The molecule has 0 radical (unpaired) electrons.